The molecule has 132 valence electrons. The maximum atomic E-state index is 11.9. The van der Waals surface area contributed by atoms with Gasteiger partial charge in [0.25, 0.3) is 0 Å². The maximum Gasteiger partial charge on any atom is 0.318 e. The SMILES string of the molecule is C=CCn1c(S[C@H](C)C(=O)NC(N)=O)nnc1-c1ccc(OC)cc1. The van der Waals surface area contributed by atoms with E-state index in [9.17, 15) is 9.59 Å². The number of aromatic nitrogens is 3. The van der Waals surface area contributed by atoms with Crippen LogP contribution >= 0.6 is 11.8 Å². The molecule has 1 heterocycles. The first kappa shape index (κ1) is 18.5. The summed E-state index contributed by atoms with van der Waals surface area (Å²) >= 11 is 1.18. The van der Waals surface area contributed by atoms with Crippen LogP contribution in [0.2, 0.25) is 0 Å². The molecule has 0 saturated heterocycles. The van der Waals surface area contributed by atoms with Gasteiger partial charge < -0.3 is 10.5 Å². The van der Waals surface area contributed by atoms with Gasteiger partial charge in [-0.15, -0.1) is 16.8 Å². The highest BCUT2D eigenvalue weighted by molar-refractivity contribution is 8.00. The van der Waals surface area contributed by atoms with Gasteiger partial charge >= 0.3 is 6.03 Å². The Morgan fingerprint density at radius 2 is 2.08 bits per heavy atom. The number of rotatable bonds is 7. The third-order valence-corrected chi connectivity index (χ3v) is 4.36. The Bertz CT molecular complexity index is 773. The third kappa shape index (κ3) is 4.60. The van der Waals surface area contributed by atoms with Crippen LogP contribution in [-0.2, 0) is 11.3 Å². The number of carbonyl (C=O) groups is 2. The summed E-state index contributed by atoms with van der Waals surface area (Å²) in [7, 11) is 1.60. The number of methoxy groups -OCH3 is 1. The highest BCUT2D eigenvalue weighted by Crippen LogP contribution is 2.27. The molecule has 0 fully saturated rings. The maximum absolute atomic E-state index is 11.9. The lowest BCUT2D eigenvalue weighted by Gasteiger charge is -2.11. The molecule has 0 aliphatic carbocycles. The van der Waals surface area contributed by atoms with Crippen molar-refractivity contribution in [1.82, 2.24) is 20.1 Å². The number of urea groups is 1. The minimum absolute atomic E-state index is 0.473. The lowest BCUT2D eigenvalue weighted by molar-refractivity contribution is -0.119. The van der Waals surface area contributed by atoms with Crippen molar-refractivity contribution in [2.75, 3.05) is 7.11 Å². The smallest absolute Gasteiger partial charge is 0.318 e. The van der Waals surface area contributed by atoms with E-state index in [2.05, 4.69) is 22.1 Å². The van der Waals surface area contributed by atoms with E-state index in [1.54, 1.807) is 20.1 Å². The van der Waals surface area contributed by atoms with Crippen LogP contribution in [0.1, 0.15) is 6.92 Å². The Hall–Kier alpha value is -2.81. The Morgan fingerprint density at radius 3 is 2.64 bits per heavy atom. The number of allylic oxidation sites excluding steroid dienone is 1. The molecule has 0 radical (unpaired) electrons. The first-order chi connectivity index (χ1) is 12.0. The van der Waals surface area contributed by atoms with Gasteiger partial charge in [0.05, 0.1) is 12.4 Å². The zero-order valence-electron chi connectivity index (χ0n) is 13.9. The molecule has 1 atom stereocenters. The molecule has 2 rings (SSSR count). The molecule has 0 saturated carbocycles. The number of carbonyl (C=O) groups excluding carboxylic acids is 2. The van der Waals surface area contributed by atoms with Crippen LogP contribution in [-0.4, -0.2) is 39.1 Å². The predicted octanol–water partition coefficient (Wildman–Crippen LogP) is 1.82. The van der Waals surface area contributed by atoms with Crippen molar-refractivity contribution in [1.29, 1.82) is 0 Å². The third-order valence-electron chi connectivity index (χ3n) is 3.27. The average molecular weight is 361 g/mol. The lowest BCUT2D eigenvalue weighted by atomic mass is 10.2. The minimum Gasteiger partial charge on any atom is -0.497 e. The monoisotopic (exact) mass is 361 g/mol. The number of imide groups is 1. The number of hydrogen-bond donors (Lipinski definition) is 2. The highest BCUT2D eigenvalue weighted by Gasteiger charge is 2.21. The van der Waals surface area contributed by atoms with Gasteiger partial charge in [0.2, 0.25) is 5.91 Å². The molecule has 8 nitrogen and oxygen atoms in total. The molecule has 0 bridgehead atoms. The molecule has 0 aliphatic rings. The van der Waals surface area contributed by atoms with Crippen molar-refractivity contribution in [3.8, 4) is 17.1 Å². The van der Waals surface area contributed by atoms with E-state index in [1.165, 1.54) is 11.8 Å². The van der Waals surface area contributed by atoms with E-state index < -0.39 is 17.2 Å². The van der Waals surface area contributed by atoms with Gasteiger partial charge in [-0.1, -0.05) is 17.8 Å². The summed E-state index contributed by atoms with van der Waals surface area (Å²) < 4.78 is 6.99. The van der Waals surface area contributed by atoms with E-state index in [0.717, 1.165) is 11.3 Å². The van der Waals surface area contributed by atoms with Crippen molar-refractivity contribution in [3.05, 3.63) is 36.9 Å². The van der Waals surface area contributed by atoms with Gasteiger partial charge in [-0.3, -0.25) is 14.7 Å². The molecule has 1 aromatic heterocycles. The van der Waals surface area contributed by atoms with Gasteiger partial charge in [-0.25, -0.2) is 4.79 Å². The number of primary amides is 1. The molecule has 1 aromatic carbocycles. The zero-order chi connectivity index (χ0) is 18.4. The molecule has 9 heteroatoms. The van der Waals surface area contributed by atoms with Crippen LogP contribution in [0, 0.1) is 0 Å². The number of thioether (sulfide) groups is 1. The Morgan fingerprint density at radius 1 is 1.40 bits per heavy atom. The molecule has 3 N–H and O–H groups in total. The van der Waals surface area contributed by atoms with Crippen LogP contribution in [0.15, 0.2) is 42.1 Å². The normalized spacial score (nSPS) is 11.6. The highest BCUT2D eigenvalue weighted by atomic mass is 32.2. The number of nitrogens with one attached hydrogen (secondary N) is 1. The van der Waals surface area contributed by atoms with E-state index >= 15 is 0 Å². The van der Waals surface area contributed by atoms with Gasteiger partial charge in [-0.05, 0) is 31.2 Å². The average Bonchev–Trinajstić information content (AvgIpc) is 2.97. The number of ether oxygens (including phenoxy) is 1. The zero-order valence-corrected chi connectivity index (χ0v) is 14.7. The van der Waals surface area contributed by atoms with E-state index in [-0.39, 0.29) is 0 Å². The fraction of sp³-hybridized carbons (Fsp3) is 0.250. The second-order valence-corrected chi connectivity index (χ2v) is 6.36. The summed E-state index contributed by atoms with van der Waals surface area (Å²) in [6.45, 7) is 5.88. The lowest BCUT2D eigenvalue weighted by Crippen LogP contribution is -2.39. The number of nitrogens with two attached hydrogens (primary N) is 1. The van der Waals surface area contributed by atoms with Crippen molar-refractivity contribution in [3.63, 3.8) is 0 Å². The number of amides is 3. The second-order valence-electron chi connectivity index (χ2n) is 5.05. The van der Waals surface area contributed by atoms with Crippen LogP contribution in [0.4, 0.5) is 4.79 Å². The molecular weight excluding hydrogens is 342 g/mol. The quantitative estimate of drug-likeness (QED) is 0.574. The molecule has 3 amide bonds. The number of nitrogens with zero attached hydrogens (tertiary/aromatic N) is 3. The van der Waals surface area contributed by atoms with Crippen molar-refractivity contribution < 1.29 is 14.3 Å². The number of hydrogen-bond acceptors (Lipinski definition) is 6. The molecule has 0 aliphatic heterocycles. The number of benzene rings is 1. The largest absolute Gasteiger partial charge is 0.497 e. The van der Waals surface area contributed by atoms with Crippen molar-refractivity contribution >= 4 is 23.7 Å². The Kier molecular flexibility index (Phi) is 6.18. The van der Waals surface area contributed by atoms with Crippen LogP contribution in [0.25, 0.3) is 11.4 Å². The molecular formula is C16H19N5O3S. The molecule has 0 unspecified atom stereocenters. The van der Waals surface area contributed by atoms with Gasteiger partial charge in [-0.2, -0.15) is 0 Å². The van der Waals surface area contributed by atoms with Crippen molar-refractivity contribution in [2.24, 2.45) is 5.73 Å². The summed E-state index contributed by atoms with van der Waals surface area (Å²) in [5, 5.41) is 10.4. The Labute approximate surface area is 149 Å². The summed E-state index contributed by atoms with van der Waals surface area (Å²) in [5.41, 5.74) is 5.83. The van der Waals surface area contributed by atoms with Gasteiger partial charge in [0, 0.05) is 12.1 Å². The Balaban J connectivity index is 2.27. The van der Waals surface area contributed by atoms with Crippen molar-refractivity contribution in [2.45, 2.75) is 23.9 Å². The summed E-state index contributed by atoms with van der Waals surface area (Å²) in [5.74, 6) is 0.897. The van der Waals surface area contributed by atoms with Crippen LogP contribution in [0.5, 0.6) is 5.75 Å². The first-order valence-electron chi connectivity index (χ1n) is 7.41. The van der Waals surface area contributed by atoms with E-state index in [1.807, 2.05) is 28.8 Å². The predicted molar refractivity (Wildman–Crippen MR) is 95.3 cm³/mol. The van der Waals surface area contributed by atoms with Crippen LogP contribution < -0.4 is 15.8 Å². The molecule has 2 aromatic rings. The minimum atomic E-state index is -0.885. The second kappa shape index (κ2) is 8.34. The first-order valence-corrected chi connectivity index (χ1v) is 8.29. The summed E-state index contributed by atoms with van der Waals surface area (Å²) in [6.07, 6.45) is 1.72. The molecule has 25 heavy (non-hydrogen) atoms. The summed E-state index contributed by atoms with van der Waals surface area (Å²) in [4.78, 5) is 22.7. The van der Waals surface area contributed by atoms with E-state index in [0.29, 0.717) is 17.5 Å². The standard InChI is InChI=1S/C16H19N5O3S/c1-4-9-21-13(11-5-7-12(24-3)8-6-11)19-20-16(21)25-10(2)14(22)18-15(17)23/h4-8,10H,1,9H2,2-3H3,(H3,17,18,22,23)/t10-/m1/s1. The van der Waals surface area contributed by atoms with Gasteiger partial charge in [0.1, 0.15) is 5.75 Å². The van der Waals surface area contributed by atoms with Crippen LogP contribution in [0.3, 0.4) is 0 Å². The fourth-order valence-electron chi connectivity index (χ4n) is 2.06. The molecule has 0 spiro atoms. The fourth-order valence-corrected chi connectivity index (χ4v) is 2.92. The topological polar surface area (TPSA) is 112 Å². The summed E-state index contributed by atoms with van der Waals surface area (Å²) in [6, 6.07) is 6.53. The van der Waals surface area contributed by atoms with Gasteiger partial charge in [0.15, 0.2) is 11.0 Å². The van der Waals surface area contributed by atoms with E-state index in [4.69, 9.17) is 10.5 Å².